The van der Waals surface area contributed by atoms with Crippen LogP contribution in [0.1, 0.15) is 36.2 Å². The van der Waals surface area contributed by atoms with Gasteiger partial charge in [0.2, 0.25) is 11.8 Å². The molecule has 0 radical (unpaired) electrons. The normalized spacial score (nSPS) is 14.0. The average molecular weight is 401 g/mol. The van der Waals surface area contributed by atoms with Crippen molar-refractivity contribution in [1.82, 2.24) is 16.2 Å². The Morgan fingerprint density at radius 2 is 1.89 bits per heavy atom. The highest BCUT2D eigenvalue weighted by atomic mass is 32.1. The van der Waals surface area contributed by atoms with Gasteiger partial charge in [-0.25, -0.2) is 0 Å². The maximum Gasteiger partial charge on any atom is 0.257 e. The second kappa shape index (κ2) is 9.36. The number of benzene rings is 1. The second-order valence-corrected chi connectivity index (χ2v) is 7.70. The van der Waals surface area contributed by atoms with Crippen molar-refractivity contribution < 1.29 is 14.4 Å². The molecular formula is C20H24N4O3S. The number of hydrogen-bond acceptors (Lipinski definition) is 5. The molecule has 2 aromatic rings. The number of fused-ring (bicyclic) bond motifs is 1. The fraction of sp³-hybridized carbons (Fsp3) is 0.350. The lowest BCUT2D eigenvalue weighted by Crippen LogP contribution is -2.48. The summed E-state index contributed by atoms with van der Waals surface area (Å²) in [4.78, 5) is 38.8. The van der Waals surface area contributed by atoms with Crippen LogP contribution in [-0.2, 0) is 20.8 Å². The molecule has 1 aliphatic rings. The summed E-state index contributed by atoms with van der Waals surface area (Å²) in [6.45, 7) is 2.40. The molecule has 1 atom stereocenters. The number of carbonyl (C=O) groups excluding carboxylic acids is 3. The fourth-order valence-electron chi connectivity index (χ4n) is 3.32. The Morgan fingerprint density at radius 1 is 1.11 bits per heavy atom. The first kappa shape index (κ1) is 19.9. The zero-order valence-electron chi connectivity index (χ0n) is 15.7. The van der Waals surface area contributed by atoms with Crippen LogP contribution < -0.4 is 21.1 Å². The number of hydrazine groups is 1. The van der Waals surface area contributed by atoms with Crippen LogP contribution in [0.25, 0.3) is 0 Å². The molecule has 1 aromatic heterocycles. The van der Waals surface area contributed by atoms with E-state index < -0.39 is 6.04 Å². The molecule has 8 heteroatoms. The molecular weight excluding hydrogens is 376 g/mol. The van der Waals surface area contributed by atoms with E-state index >= 15 is 0 Å². The van der Waals surface area contributed by atoms with Gasteiger partial charge in [-0.2, -0.15) is 0 Å². The van der Waals surface area contributed by atoms with Gasteiger partial charge in [-0.15, -0.1) is 11.3 Å². The lowest BCUT2D eigenvalue weighted by molar-refractivity contribution is -0.129. The maximum absolute atomic E-state index is 12.3. The van der Waals surface area contributed by atoms with Gasteiger partial charge in [0.05, 0.1) is 19.0 Å². The topological polar surface area (TPSA) is 90.5 Å². The molecule has 148 valence electrons. The van der Waals surface area contributed by atoms with Crippen LogP contribution in [-0.4, -0.2) is 30.8 Å². The number of thiophene rings is 1. The molecule has 1 unspecified atom stereocenters. The van der Waals surface area contributed by atoms with Crippen molar-refractivity contribution in [3.8, 4) is 0 Å². The number of nitrogens with zero attached hydrogens (tertiary/aromatic N) is 1. The zero-order chi connectivity index (χ0) is 19.9. The summed E-state index contributed by atoms with van der Waals surface area (Å²) < 4.78 is 0. The lowest BCUT2D eigenvalue weighted by Gasteiger charge is -2.30. The van der Waals surface area contributed by atoms with Crippen molar-refractivity contribution in [3.63, 3.8) is 0 Å². The standard InChI is InChI=1S/C20H24N4O3S/c1-14(25)21-16(18-9-5-11-28-18)12-19(26)22-23-20(27)13-24-10-4-7-15-6-2-3-8-17(15)24/h2-3,5-6,8-9,11,16H,4,7,10,12-13H2,1H3,(H,21,25)(H,22,26)(H,23,27). The number of aryl methyl sites for hydroxylation is 1. The second-order valence-electron chi connectivity index (χ2n) is 6.72. The van der Waals surface area contributed by atoms with Gasteiger partial charge in [0.1, 0.15) is 0 Å². The monoisotopic (exact) mass is 400 g/mol. The minimum atomic E-state index is -0.414. The number of para-hydroxylation sites is 1. The van der Waals surface area contributed by atoms with E-state index in [1.807, 2.05) is 40.6 Å². The third-order valence-electron chi connectivity index (χ3n) is 4.54. The van der Waals surface area contributed by atoms with Gasteiger partial charge in [0.15, 0.2) is 0 Å². The maximum atomic E-state index is 12.3. The van der Waals surface area contributed by atoms with Crippen LogP contribution in [0.15, 0.2) is 41.8 Å². The minimum Gasteiger partial charge on any atom is -0.362 e. The number of hydrogen-bond donors (Lipinski definition) is 3. The van der Waals surface area contributed by atoms with E-state index in [4.69, 9.17) is 0 Å². The summed E-state index contributed by atoms with van der Waals surface area (Å²) in [6.07, 6.45) is 2.06. The molecule has 2 heterocycles. The Hall–Kier alpha value is -2.87. The largest absolute Gasteiger partial charge is 0.362 e. The number of anilines is 1. The van der Waals surface area contributed by atoms with Gasteiger partial charge in [-0.1, -0.05) is 24.3 Å². The van der Waals surface area contributed by atoms with Gasteiger partial charge in [-0.05, 0) is 35.9 Å². The van der Waals surface area contributed by atoms with Crippen molar-refractivity contribution in [2.75, 3.05) is 18.0 Å². The first-order valence-electron chi connectivity index (χ1n) is 9.24. The van der Waals surface area contributed by atoms with Crippen LogP contribution in [0.3, 0.4) is 0 Å². The molecule has 0 spiro atoms. The first-order valence-corrected chi connectivity index (χ1v) is 10.1. The van der Waals surface area contributed by atoms with Crippen molar-refractivity contribution in [2.24, 2.45) is 0 Å². The van der Waals surface area contributed by atoms with E-state index in [9.17, 15) is 14.4 Å². The Kier molecular flexibility index (Phi) is 6.65. The Morgan fingerprint density at radius 3 is 2.64 bits per heavy atom. The number of amides is 3. The summed E-state index contributed by atoms with van der Waals surface area (Å²) in [5.74, 6) is -0.851. The van der Waals surface area contributed by atoms with Crippen LogP contribution in [0, 0.1) is 0 Å². The molecule has 1 aromatic carbocycles. The zero-order valence-corrected chi connectivity index (χ0v) is 16.6. The lowest BCUT2D eigenvalue weighted by atomic mass is 10.0. The number of carbonyl (C=O) groups is 3. The van der Waals surface area contributed by atoms with E-state index in [-0.39, 0.29) is 30.7 Å². The molecule has 3 rings (SSSR count). The van der Waals surface area contributed by atoms with Crippen molar-refractivity contribution in [1.29, 1.82) is 0 Å². The van der Waals surface area contributed by atoms with Crippen LogP contribution >= 0.6 is 11.3 Å². The molecule has 0 saturated carbocycles. The Balaban J connectivity index is 1.50. The summed E-state index contributed by atoms with van der Waals surface area (Å²) in [7, 11) is 0. The highest BCUT2D eigenvalue weighted by molar-refractivity contribution is 7.10. The predicted octanol–water partition coefficient (Wildman–Crippen LogP) is 1.92. The first-order chi connectivity index (χ1) is 13.5. The molecule has 3 N–H and O–H groups in total. The van der Waals surface area contributed by atoms with E-state index in [2.05, 4.69) is 22.2 Å². The van der Waals surface area contributed by atoms with Crippen molar-refractivity contribution >= 4 is 34.7 Å². The van der Waals surface area contributed by atoms with Crippen molar-refractivity contribution in [2.45, 2.75) is 32.2 Å². The number of rotatable bonds is 6. The quantitative estimate of drug-likeness (QED) is 0.646. The van der Waals surface area contributed by atoms with Gasteiger partial charge < -0.3 is 10.2 Å². The molecule has 7 nitrogen and oxygen atoms in total. The highest BCUT2D eigenvalue weighted by Crippen LogP contribution is 2.26. The van der Waals surface area contributed by atoms with E-state index in [0.29, 0.717) is 0 Å². The molecule has 0 fully saturated rings. The van der Waals surface area contributed by atoms with Crippen LogP contribution in [0.4, 0.5) is 5.69 Å². The van der Waals surface area contributed by atoms with E-state index in [1.165, 1.54) is 23.8 Å². The summed E-state index contributed by atoms with van der Waals surface area (Å²) >= 11 is 1.47. The van der Waals surface area contributed by atoms with E-state index in [1.54, 1.807) is 0 Å². The predicted molar refractivity (Wildman–Crippen MR) is 109 cm³/mol. The summed E-state index contributed by atoms with van der Waals surface area (Å²) in [5, 5.41) is 4.66. The molecule has 1 aliphatic heterocycles. The fourth-order valence-corrected chi connectivity index (χ4v) is 4.10. The van der Waals surface area contributed by atoms with Crippen LogP contribution in [0.5, 0.6) is 0 Å². The average Bonchev–Trinajstić information content (AvgIpc) is 3.21. The SMILES string of the molecule is CC(=O)NC(CC(=O)NNC(=O)CN1CCCc2ccccc21)c1cccs1. The number of nitrogens with one attached hydrogen (secondary N) is 3. The summed E-state index contributed by atoms with van der Waals surface area (Å²) in [6, 6.07) is 11.4. The van der Waals surface area contributed by atoms with Crippen LogP contribution in [0.2, 0.25) is 0 Å². The molecule has 0 saturated heterocycles. The smallest absolute Gasteiger partial charge is 0.257 e. The minimum absolute atomic E-state index is 0.0485. The molecule has 28 heavy (non-hydrogen) atoms. The third-order valence-corrected chi connectivity index (χ3v) is 5.52. The highest BCUT2D eigenvalue weighted by Gasteiger charge is 2.20. The van der Waals surface area contributed by atoms with Gasteiger partial charge >= 0.3 is 0 Å². The molecule has 3 amide bonds. The Bertz CT molecular complexity index is 838. The Labute approximate surface area is 168 Å². The van der Waals surface area contributed by atoms with E-state index in [0.717, 1.165) is 30.0 Å². The van der Waals surface area contributed by atoms with Crippen molar-refractivity contribution in [3.05, 3.63) is 52.2 Å². The van der Waals surface area contributed by atoms with Gasteiger partial charge in [-0.3, -0.25) is 25.2 Å². The third kappa shape index (κ3) is 5.32. The molecule has 0 aliphatic carbocycles. The molecule has 0 bridgehead atoms. The van der Waals surface area contributed by atoms with Gasteiger partial charge in [0, 0.05) is 24.0 Å². The van der Waals surface area contributed by atoms with Gasteiger partial charge in [0.25, 0.3) is 5.91 Å². The summed E-state index contributed by atoms with van der Waals surface area (Å²) in [5.41, 5.74) is 7.23.